The first-order valence-corrected chi connectivity index (χ1v) is 5.84. The van der Waals surface area contributed by atoms with Crippen LogP contribution >= 0.6 is 0 Å². The van der Waals surface area contributed by atoms with Gasteiger partial charge in [0.2, 0.25) is 0 Å². The lowest BCUT2D eigenvalue weighted by Crippen LogP contribution is -2.15. The first-order chi connectivity index (χ1) is 8.29. The Bertz CT molecular complexity index is 460. The maximum Gasteiger partial charge on any atom is 0.171 e. The molecule has 2 aromatic heterocycles. The highest BCUT2D eigenvalue weighted by molar-refractivity contribution is 5.18. The molecule has 90 valence electrons. The van der Waals surface area contributed by atoms with Crippen LogP contribution in [0.1, 0.15) is 24.7 Å². The summed E-state index contributed by atoms with van der Waals surface area (Å²) < 4.78 is 1.73. The summed E-state index contributed by atoms with van der Waals surface area (Å²) in [5.41, 5.74) is 1.92. The van der Waals surface area contributed by atoms with Crippen LogP contribution in [-0.2, 0) is 6.54 Å². The van der Waals surface area contributed by atoms with E-state index in [1.807, 2.05) is 19.2 Å². The number of nitrogens with one attached hydrogen (secondary N) is 1. The van der Waals surface area contributed by atoms with Crippen molar-refractivity contribution < 1.29 is 0 Å². The van der Waals surface area contributed by atoms with Crippen LogP contribution in [0.15, 0.2) is 24.7 Å². The highest BCUT2D eigenvalue weighted by atomic mass is 15.3. The third kappa shape index (κ3) is 3.10. The summed E-state index contributed by atoms with van der Waals surface area (Å²) in [6, 6.07) is 1.94. The predicted octanol–water partition coefficient (Wildman–Crippen LogP) is 1.47. The molecule has 0 spiro atoms. The molecule has 0 saturated heterocycles. The molecule has 2 aromatic rings. The van der Waals surface area contributed by atoms with E-state index in [0.29, 0.717) is 0 Å². The van der Waals surface area contributed by atoms with Gasteiger partial charge in [-0.05, 0) is 26.0 Å². The minimum Gasteiger partial charge on any atom is -0.311 e. The predicted molar refractivity (Wildman–Crippen MR) is 65.9 cm³/mol. The van der Waals surface area contributed by atoms with Crippen LogP contribution in [0.4, 0.5) is 0 Å². The minimum absolute atomic E-state index is 0.748. The molecule has 0 aromatic carbocycles. The molecule has 0 aliphatic heterocycles. The van der Waals surface area contributed by atoms with E-state index in [-0.39, 0.29) is 0 Å². The van der Waals surface area contributed by atoms with Crippen LogP contribution in [0.25, 0.3) is 5.82 Å². The smallest absolute Gasteiger partial charge is 0.171 e. The Kier molecular flexibility index (Phi) is 3.82. The Morgan fingerprint density at radius 2 is 2.18 bits per heavy atom. The lowest BCUT2D eigenvalue weighted by Gasteiger charge is -2.03. The number of rotatable bonds is 5. The van der Waals surface area contributed by atoms with Crippen molar-refractivity contribution in [1.29, 1.82) is 0 Å². The number of aromatic nitrogens is 4. The van der Waals surface area contributed by atoms with Crippen molar-refractivity contribution in [3.8, 4) is 5.82 Å². The lowest BCUT2D eigenvalue weighted by molar-refractivity contribution is 0.660. The van der Waals surface area contributed by atoms with Crippen molar-refractivity contribution in [2.45, 2.75) is 26.8 Å². The van der Waals surface area contributed by atoms with Gasteiger partial charge in [-0.1, -0.05) is 6.92 Å². The maximum absolute atomic E-state index is 4.35. The number of aryl methyl sites for hydroxylation is 1. The zero-order valence-corrected chi connectivity index (χ0v) is 10.2. The number of hydrogen-bond acceptors (Lipinski definition) is 4. The summed E-state index contributed by atoms with van der Waals surface area (Å²) in [5, 5.41) is 7.57. The Morgan fingerprint density at radius 1 is 1.29 bits per heavy atom. The molecule has 2 heterocycles. The monoisotopic (exact) mass is 231 g/mol. The van der Waals surface area contributed by atoms with Gasteiger partial charge in [0, 0.05) is 12.7 Å². The van der Waals surface area contributed by atoms with Gasteiger partial charge in [-0.3, -0.25) is 4.98 Å². The molecule has 2 rings (SSSR count). The van der Waals surface area contributed by atoms with E-state index in [1.54, 1.807) is 17.1 Å². The fraction of sp³-hybridized carbons (Fsp3) is 0.417. The topological polar surface area (TPSA) is 55.6 Å². The van der Waals surface area contributed by atoms with Crippen molar-refractivity contribution >= 4 is 0 Å². The average Bonchev–Trinajstić information content (AvgIpc) is 2.77. The molecule has 5 nitrogen and oxygen atoms in total. The lowest BCUT2D eigenvalue weighted by atomic mass is 10.4. The third-order valence-corrected chi connectivity index (χ3v) is 2.38. The minimum atomic E-state index is 0.748. The largest absolute Gasteiger partial charge is 0.311 e. The SMILES string of the molecule is CCCNCc1cnc(-n2ccc(C)n2)cn1. The van der Waals surface area contributed by atoms with Crippen LogP contribution in [0.5, 0.6) is 0 Å². The molecule has 0 bridgehead atoms. The fourth-order valence-corrected chi connectivity index (χ4v) is 1.49. The Labute approximate surface area is 101 Å². The second-order valence-corrected chi connectivity index (χ2v) is 3.94. The molecule has 0 saturated carbocycles. The van der Waals surface area contributed by atoms with Gasteiger partial charge in [0.1, 0.15) is 0 Å². The van der Waals surface area contributed by atoms with Crippen molar-refractivity contribution in [2.75, 3.05) is 6.54 Å². The van der Waals surface area contributed by atoms with E-state index in [2.05, 4.69) is 27.3 Å². The van der Waals surface area contributed by atoms with Crippen molar-refractivity contribution in [2.24, 2.45) is 0 Å². The number of hydrogen-bond donors (Lipinski definition) is 1. The van der Waals surface area contributed by atoms with Gasteiger partial charge >= 0.3 is 0 Å². The molecule has 17 heavy (non-hydrogen) atoms. The van der Waals surface area contributed by atoms with E-state index in [0.717, 1.165) is 36.7 Å². The third-order valence-electron chi connectivity index (χ3n) is 2.38. The summed E-state index contributed by atoms with van der Waals surface area (Å²) >= 11 is 0. The maximum atomic E-state index is 4.35. The number of nitrogens with zero attached hydrogens (tertiary/aromatic N) is 4. The Hall–Kier alpha value is -1.75. The zero-order chi connectivity index (χ0) is 12.1. The standard InChI is InChI=1S/C12H17N5/c1-3-5-13-7-11-8-15-12(9-14-11)17-6-4-10(2)16-17/h4,6,8-9,13H,3,5,7H2,1-2H3. The first-order valence-electron chi connectivity index (χ1n) is 5.84. The van der Waals surface area contributed by atoms with Crippen molar-refractivity contribution in [3.63, 3.8) is 0 Å². The summed E-state index contributed by atoms with van der Waals surface area (Å²) in [6.07, 6.45) is 6.54. The molecular weight excluding hydrogens is 214 g/mol. The summed E-state index contributed by atoms with van der Waals surface area (Å²) in [5.74, 6) is 0.748. The second kappa shape index (κ2) is 5.54. The van der Waals surface area contributed by atoms with E-state index >= 15 is 0 Å². The van der Waals surface area contributed by atoms with Gasteiger partial charge in [0.15, 0.2) is 5.82 Å². The van der Waals surface area contributed by atoms with E-state index in [4.69, 9.17) is 0 Å². The van der Waals surface area contributed by atoms with Gasteiger partial charge in [0.05, 0.1) is 23.8 Å². The van der Waals surface area contributed by atoms with Gasteiger partial charge in [-0.25, -0.2) is 9.67 Å². The fourth-order valence-electron chi connectivity index (χ4n) is 1.49. The summed E-state index contributed by atoms with van der Waals surface area (Å²) in [7, 11) is 0. The molecule has 0 atom stereocenters. The summed E-state index contributed by atoms with van der Waals surface area (Å²) in [4.78, 5) is 8.69. The van der Waals surface area contributed by atoms with Gasteiger partial charge in [0.25, 0.3) is 0 Å². The molecule has 5 heteroatoms. The second-order valence-electron chi connectivity index (χ2n) is 3.94. The average molecular weight is 231 g/mol. The highest BCUT2D eigenvalue weighted by Gasteiger charge is 2.00. The quantitative estimate of drug-likeness (QED) is 0.792. The molecule has 1 N–H and O–H groups in total. The van der Waals surface area contributed by atoms with Crippen LogP contribution in [-0.4, -0.2) is 26.3 Å². The highest BCUT2D eigenvalue weighted by Crippen LogP contribution is 2.03. The molecular formula is C12H17N5. The van der Waals surface area contributed by atoms with Gasteiger partial charge < -0.3 is 5.32 Å². The molecule has 0 unspecified atom stereocenters. The van der Waals surface area contributed by atoms with Crippen LogP contribution in [0, 0.1) is 6.92 Å². The van der Waals surface area contributed by atoms with Crippen LogP contribution < -0.4 is 5.32 Å². The molecule has 0 aliphatic rings. The van der Waals surface area contributed by atoms with Crippen molar-refractivity contribution in [1.82, 2.24) is 25.1 Å². The molecule has 0 radical (unpaired) electrons. The molecule has 0 aliphatic carbocycles. The van der Waals surface area contributed by atoms with E-state index in [1.165, 1.54) is 0 Å². The van der Waals surface area contributed by atoms with Crippen LogP contribution in [0.2, 0.25) is 0 Å². The normalized spacial score (nSPS) is 10.7. The van der Waals surface area contributed by atoms with E-state index in [9.17, 15) is 0 Å². The van der Waals surface area contributed by atoms with Gasteiger partial charge in [-0.2, -0.15) is 5.10 Å². The Morgan fingerprint density at radius 3 is 2.76 bits per heavy atom. The Balaban J connectivity index is 2.02. The molecule has 0 fully saturated rings. The zero-order valence-electron chi connectivity index (χ0n) is 10.2. The van der Waals surface area contributed by atoms with Crippen LogP contribution in [0.3, 0.4) is 0 Å². The summed E-state index contributed by atoms with van der Waals surface area (Å²) in [6.45, 7) is 5.86. The van der Waals surface area contributed by atoms with E-state index < -0.39 is 0 Å². The van der Waals surface area contributed by atoms with Gasteiger partial charge in [-0.15, -0.1) is 0 Å². The first kappa shape index (κ1) is 11.7. The molecule has 0 amide bonds. The van der Waals surface area contributed by atoms with Crippen molar-refractivity contribution in [3.05, 3.63) is 36.0 Å².